The van der Waals surface area contributed by atoms with Crippen molar-refractivity contribution >= 4 is 34.4 Å². The molecule has 0 saturated carbocycles. The Bertz CT molecular complexity index is 720. The first kappa shape index (κ1) is 16.9. The summed E-state index contributed by atoms with van der Waals surface area (Å²) < 4.78 is 5.53. The minimum Gasteiger partial charge on any atom is -0.484 e. The lowest BCUT2D eigenvalue weighted by molar-refractivity contribution is -0.128. The molecule has 0 unspecified atom stereocenters. The van der Waals surface area contributed by atoms with Crippen LogP contribution in [0.4, 0.5) is 0 Å². The predicted octanol–water partition coefficient (Wildman–Crippen LogP) is 3.85. The van der Waals surface area contributed by atoms with Crippen LogP contribution >= 0.6 is 23.4 Å². The quantitative estimate of drug-likeness (QED) is 0.813. The highest BCUT2D eigenvalue weighted by Crippen LogP contribution is 2.21. The van der Waals surface area contributed by atoms with Crippen molar-refractivity contribution in [2.24, 2.45) is 4.99 Å². The summed E-state index contributed by atoms with van der Waals surface area (Å²) >= 11 is 7.45. The number of amides is 1. The van der Waals surface area contributed by atoms with Crippen LogP contribution in [0.5, 0.6) is 5.75 Å². The van der Waals surface area contributed by atoms with Crippen LogP contribution in [0.3, 0.4) is 0 Å². The van der Waals surface area contributed by atoms with E-state index < -0.39 is 0 Å². The molecule has 1 aliphatic rings. The molecule has 0 aliphatic carbocycles. The third-order valence-electron chi connectivity index (χ3n) is 3.49. The number of halogens is 1. The zero-order valence-electron chi connectivity index (χ0n) is 13.0. The molecule has 0 radical (unpaired) electrons. The second kappa shape index (κ2) is 8.22. The minimum atomic E-state index is -0.0706. The van der Waals surface area contributed by atoms with E-state index in [0.29, 0.717) is 18.8 Å². The van der Waals surface area contributed by atoms with Crippen LogP contribution in [0.2, 0.25) is 5.02 Å². The number of aliphatic imine (C=N–C) groups is 1. The van der Waals surface area contributed by atoms with Gasteiger partial charge in [-0.05, 0) is 29.8 Å². The highest BCUT2D eigenvalue weighted by molar-refractivity contribution is 8.13. The fourth-order valence-electron chi connectivity index (χ4n) is 2.25. The zero-order chi connectivity index (χ0) is 16.8. The summed E-state index contributed by atoms with van der Waals surface area (Å²) in [5, 5.41) is 1.48. The first-order chi connectivity index (χ1) is 11.7. The van der Waals surface area contributed by atoms with Crippen LogP contribution in [-0.2, 0) is 10.5 Å². The smallest absolute Gasteiger partial charge is 0.266 e. The Morgan fingerprint density at radius 3 is 2.67 bits per heavy atom. The maximum atomic E-state index is 12.4. The van der Waals surface area contributed by atoms with Crippen LogP contribution in [0, 0.1) is 0 Å². The lowest BCUT2D eigenvalue weighted by Gasteiger charge is -2.18. The van der Waals surface area contributed by atoms with Gasteiger partial charge < -0.3 is 4.74 Å². The molecule has 24 heavy (non-hydrogen) atoms. The number of hydrogen-bond donors (Lipinski definition) is 0. The first-order valence-corrected chi connectivity index (χ1v) is 8.98. The third-order valence-corrected chi connectivity index (χ3v) is 4.83. The van der Waals surface area contributed by atoms with E-state index in [1.807, 2.05) is 54.6 Å². The highest BCUT2D eigenvalue weighted by atomic mass is 35.5. The monoisotopic (exact) mass is 360 g/mol. The molecule has 1 amide bonds. The van der Waals surface area contributed by atoms with Gasteiger partial charge in [-0.2, -0.15) is 0 Å². The van der Waals surface area contributed by atoms with Gasteiger partial charge in [0.25, 0.3) is 5.91 Å². The van der Waals surface area contributed by atoms with Crippen LogP contribution in [0.1, 0.15) is 5.56 Å². The second-order valence-corrected chi connectivity index (χ2v) is 6.61. The summed E-state index contributed by atoms with van der Waals surface area (Å²) in [7, 11) is 0. The van der Waals surface area contributed by atoms with Crippen molar-refractivity contribution in [2.75, 3.05) is 19.7 Å². The molecular weight excluding hydrogens is 344 g/mol. The zero-order valence-corrected chi connectivity index (χ0v) is 14.6. The van der Waals surface area contributed by atoms with E-state index in [9.17, 15) is 4.79 Å². The molecule has 3 rings (SSSR count). The molecule has 0 aromatic heterocycles. The molecule has 2 aromatic rings. The molecule has 0 atom stereocenters. The number of carbonyl (C=O) groups is 1. The number of nitrogens with zero attached hydrogens (tertiary/aromatic N) is 2. The lowest BCUT2D eigenvalue weighted by Crippen LogP contribution is -2.36. The van der Waals surface area contributed by atoms with Gasteiger partial charge in [0.1, 0.15) is 5.75 Å². The van der Waals surface area contributed by atoms with Crippen molar-refractivity contribution < 1.29 is 9.53 Å². The first-order valence-electron chi connectivity index (χ1n) is 7.62. The molecule has 6 heteroatoms. The van der Waals surface area contributed by atoms with E-state index in [4.69, 9.17) is 16.3 Å². The number of carbonyl (C=O) groups excluding carboxylic acids is 1. The van der Waals surface area contributed by atoms with Crippen LogP contribution in [-0.4, -0.2) is 35.7 Å². The van der Waals surface area contributed by atoms with E-state index >= 15 is 0 Å². The lowest BCUT2D eigenvalue weighted by atomic mass is 10.2. The summed E-state index contributed by atoms with van der Waals surface area (Å²) in [6.45, 7) is 1.27. The Hall–Kier alpha value is -1.98. The normalized spacial score (nSPS) is 13.7. The number of benzene rings is 2. The highest BCUT2D eigenvalue weighted by Gasteiger charge is 2.24. The Morgan fingerprint density at radius 1 is 1.17 bits per heavy atom. The van der Waals surface area contributed by atoms with Gasteiger partial charge >= 0.3 is 0 Å². The number of rotatable bonds is 5. The van der Waals surface area contributed by atoms with Gasteiger partial charge in [-0.25, -0.2) is 0 Å². The number of amidine groups is 1. The Kier molecular flexibility index (Phi) is 5.77. The summed E-state index contributed by atoms with van der Waals surface area (Å²) in [5.74, 6) is 1.37. The van der Waals surface area contributed by atoms with Gasteiger partial charge in [-0.1, -0.05) is 53.7 Å². The van der Waals surface area contributed by atoms with Gasteiger partial charge in [0.2, 0.25) is 0 Å². The average molecular weight is 361 g/mol. The van der Waals surface area contributed by atoms with E-state index in [2.05, 4.69) is 4.99 Å². The molecule has 0 fully saturated rings. The van der Waals surface area contributed by atoms with E-state index in [0.717, 1.165) is 21.5 Å². The summed E-state index contributed by atoms with van der Waals surface area (Å²) in [6.07, 6.45) is 0. The molecule has 1 heterocycles. The van der Waals surface area contributed by atoms with E-state index in [1.165, 1.54) is 0 Å². The minimum absolute atomic E-state index is 0.0184. The van der Waals surface area contributed by atoms with Gasteiger partial charge in [0, 0.05) is 17.3 Å². The molecule has 0 spiro atoms. The van der Waals surface area contributed by atoms with Gasteiger partial charge in [0.15, 0.2) is 11.8 Å². The van der Waals surface area contributed by atoms with Crippen molar-refractivity contribution in [1.82, 2.24) is 4.90 Å². The van der Waals surface area contributed by atoms with Crippen molar-refractivity contribution in [3.8, 4) is 5.75 Å². The molecule has 2 aromatic carbocycles. The van der Waals surface area contributed by atoms with E-state index in [-0.39, 0.29) is 12.5 Å². The number of ether oxygens (including phenoxy) is 1. The topological polar surface area (TPSA) is 41.9 Å². The van der Waals surface area contributed by atoms with Crippen molar-refractivity contribution in [3.63, 3.8) is 0 Å². The maximum absolute atomic E-state index is 12.4. The Balaban J connectivity index is 1.52. The van der Waals surface area contributed by atoms with Crippen molar-refractivity contribution in [3.05, 3.63) is 65.2 Å². The van der Waals surface area contributed by atoms with Crippen LogP contribution < -0.4 is 4.74 Å². The number of thioether (sulfide) groups is 1. The summed E-state index contributed by atoms with van der Waals surface area (Å²) in [5.41, 5.74) is 1.15. The fraction of sp³-hybridized carbons (Fsp3) is 0.222. The fourth-order valence-corrected chi connectivity index (χ4v) is 3.40. The van der Waals surface area contributed by atoms with E-state index in [1.54, 1.807) is 16.7 Å². The largest absolute Gasteiger partial charge is 0.484 e. The molecular formula is C18H17ClN2O2S. The molecule has 0 saturated heterocycles. The van der Waals surface area contributed by atoms with Crippen molar-refractivity contribution in [1.29, 1.82) is 0 Å². The molecule has 4 nitrogen and oxygen atoms in total. The average Bonchev–Trinajstić information content (AvgIpc) is 3.09. The van der Waals surface area contributed by atoms with Crippen molar-refractivity contribution in [2.45, 2.75) is 5.75 Å². The number of hydrogen-bond acceptors (Lipinski definition) is 4. The molecule has 0 N–H and O–H groups in total. The number of para-hydroxylation sites is 1. The Morgan fingerprint density at radius 2 is 1.92 bits per heavy atom. The van der Waals surface area contributed by atoms with Crippen LogP contribution in [0.15, 0.2) is 59.6 Å². The molecule has 0 bridgehead atoms. The maximum Gasteiger partial charge on any atom is 0.266 e. The standard InChI is InChI=1S/C18H17ClN2O2S/c19-15-8-6-14(7-9-15)13-24-18-20-10-11-21(18)17(22)12-23-16-4-2-1-3-5-16/h1-9H,10-13H2. The molecule has 124 valence electrons. The van der Waals surface area contributed by atoms with Gasteiger partial charge in [-0.15, -0.1) is 0 Å². The summed E-state index contributed by atoms with van der Waals surface area (Å²) in [4.78, 5) is 18.5. The molecule has 1 aliphatic heterocycles. The van der Waals surface area contributed by atoms with Gasteiger partial charge in [0.05, 0.1) is 6.54 Å². The third kappa shape index (κ3) is 4.52. The SMILES string of the molecule is O=C(COc1ccccc1)N1CCN=C1SCc1ccc(Cl)cc1. The van der Waals surface area contributed by atoms with Crippen LogP contribution in [0.25, 0.3) is 0 Å². The second-order valence-electron chi connectivity index (χ2n) is 5.23. The Labute approximate surface area is 150 Å². The van der Waals surface area contributed by atoms with Gasteiger partial charge in [-0.3, -0.25) is 14.7 Å². The predicted molar refractivity (Wildman–Crippen MR) is 98.7 cm³/mol. The summed E-state index contributed by atoms with van der Waals surface area (Å²) in [6, 6.07) is 17.0.